The predicted octanol–water partition coefficient (Wildman–Crippen LogP) is 5.26. The Morgan fingerprint density at radius 2 is 1.75 bits per heavy atom. The Hall–Kier alpha value is -1.32. The molecule has 0 aliphatic heterocycles. The lowest BCUT2D eigenvalue weighted by Gasteiger charge is -2.16. The van der Waals surface area contributed by atoms with Gasteiger partial charge in [0.15, 0.2) is 0 Å². The summed E-state index contributed by atoms with van der Waals surface area (Å²) in [6.45, 7) is 1.55. The predicted molar refractivity (Wildman–Crippen MR) is 76.8 cm³/mol. The Morgan fingerprint density at radius 3 is 2.40 bits per heavy atom. The molecule has 0 aromatic heterocycles. The minimum Gasteiger partial charge on any atom is -0.496 e. The Balaban J connectivity index is 2.54. The molecule has 20 heavy (non-hydrogen) atoms. The number of rotatable bonds is 3. The molecule has 2 aromatic carbocycles. The average Bonchev–Trinajstić information content (AvgIpc) is 2.42. The van der Waals surface area contributed by atoms with Gasteiger partial charge in [0, 0.05) is 22.2 Å². The Kier molecular flexibility index (Phi) is 4.51. The second-order valence-electron chi connectivity index (χ2n) is 4.37. The van der Waals surface area contributed by atoms with E-state index in [1.54, 1.807) is 25.1 Å². The third kappa shape index (κ3) is 2.89. The van der Waals surface area contributed by atoms with Crippen LogP contribution in [0.5, 0.6) is 5.75 Å². The zero-order valence-electron chi connectivity index (χ0n) is 10.9. The van der Waals surface area contributed by atoms with Crippen LogP contribution in [0.1, 0.15) is 22.1 Å². The highest BCUT2D eigenvalue weighted by Gasteiger charge is 2.21. The number of hydrogen-bond donors (Lipinski definition) is 0. The number of aryl methyl sites for hydroxylation is 1. The largest absolute Gasteiger partial charge is 0.496 e. The fourth-order valence-corrected chi connectivity index (χ4v) is 2.46. The van der Waals surface area contributed by atoms with E-state index in [-0.39, 0.29) is 5.56 Å². The summed E-state index contributed by atoms with van der Waals surface area (Å²) in [5.41, 5.74) is 1.05. The molecule has 0 amide bonds. The first-order valence-electron chi connectivity index (χ1n) is 5.87. The summed E-state index contributed by atoms with van der Waals surface area (Å²) >= 11 is 12.2. The lowest BCUT2D eigenvalue weighted by Crippen LogP contribution is -2.02. The molecule has 0 radical (unpaired) electrons. The van der Waals surface area contributed by atoms with Gasteiger partial charge >= 0.3 is 0 Å². The Morgan fingerprint density at radius 1 is 1.05 bits per heavy atom. The molecule has 0 saturated heterocycles. The van der Waals surface area contributed by atoms with Crippen molar-refractivity contribution in [2.45, 2.75) is 12.3 Å². The molecule has 5 heteroatoms. The molecule has 0 N–H and O–H groups in total. The molecule has 106 valence electrons. The highest BCUT2D eigenvalue weighted by atomic mass is 35.5. The third-order valence-electron chi connectivity index (χ3n) is 3.02. The van der Waals surface area contributed by atoms with Crippen molar-refractivity contribution in [3.63, 3.8) is 0 Å². The number of benzene rings is 2. The quantitative estimate of drug-likeness (QED) is 0.701. The van der Waals surface area contributed by atoms with E-state index in [0.717, 1.165) is 6.07 Å². The van der Waals surface area contributed by atoms with Gasteiger partial charge in [-0.2, -0.15) is 0 Å². The van der Waals surface area contributed by atoms with Gasteiger partial charge in [0.2, 0.25) is 0 Å². The summed E-state index contributed by atoms with van der Waals surface area (Å²) in [6.07, 6.45) is 0. The highest BCUT2D eigenvalue weighted by molar-refractivity contribution is 6.31. The third-order valence-corrected chi connectivity index (χ3v) is 3.72. The van der Waals surface area contributed by atoms with Gasteiger partial charge in [0.1, 0.15) is 17.4 Å². The van der Waals surface area contributed by atoms with Crippen molar-refractivity contribution in [3.8, 4) is 5.75 Å². The van der Waals surface area contributed by atoms with Crippen LogP contribution in [-0.4, -0.2) is 7.11 Å². The zero-order chi connectivity index (χ0) is 14.9. The van der Waals surface area contributed by atoms with Gasteiger partial charge in [-0.25, -0.2) is 8.78 Å². The highest BCUT2D eigenvalue weighted by Crippen LogP contribution is 2.38. The van der Waals surface area contributed by atoms with Gasteiger partial charge in [-0.3, -0.25) is 0 Å². The van der Waals surface area contributed by atoms with Crippen LogP contribution in [0.25, 0.3) is 0 Å². The molecule has 0 aliphatic rings. The lowest BCUT2D eigenvalue weighted by atomic mass is 10.0. The maximum absolute atomic E-state index is 13.9. The Bertz CT molecular complexity index is 644. The van der Waals surface area contributed by atoms with Crippen LogP contribution < -0.4 is 4.74 Å². The Labute approximate surface area is 126 Å². The first-order valence-corrected chi connectivity index (χ1v) is 6.68. The fourth-order valence-electron chi connectivity index (χ4n) is 1.94. The number of methoxy groups -OCH3 is 1. The zero-order valence-corrected chi connectivity index (χ0v) is 12.4. The van der Waals surface area contributed by atoms with Crippen molar-refractivity contribution < 1.29 is 13.5 Å². The van der Waals surface area contributed by atoms with Crippen LogP contribution in [0.4, 0.5) is 8.78 Å². The molecule has 1 unspecified atom stereocenters. The summed E-state index contributed by atoms with van der Waals surface area (Å²) in [4.78, 5) is 0. The van der Waals surface area contributed by atoms with Crippen molar-refractivity contribution in [2.24, 2.45) is 0 Å². The van der Waals surface area contributed by atoms with E-state index in [0.29, 0.717) is 21.9 Å². The van der Waals surface area contributed by atoms with Crippen LogP contribution in [0.15, 0.2) is 30.3 Å². The van der Waals surface area contributed by atoms with Gasteiger partial charge in [-0.1, -0.05) is 11.6 Å². The van der Waals surface area contributed by atoms with Crippen LogP contribution in [0, 0.1) is 18.6 Å². The smallest absolute Gasteiger partial charge is 0.131 e. The molecule has 0 fully saturated rings. The second-order valence-corrected chi connectivity index (χ2v) is 5.24. The lowest BCUT2D eigenvalue weighted by molar-refractivity contribution is 0.410. The van der Waals surface area contributed by atoms with Crippen LogP contribution >= 0.6 is 23.2 Å². The maximum Gasteiger partial charge on any atom is 0.131 e. The fraction of sp³-hybridized carbons (Fsp3) is 0.200. The van der Waals surface area contributed by atoms with Gasteiger partial charge in [-0.15, -0.1) is 11.6 Å². The molecule has 1 nitrogen and oxygen atoms in total. The molecule has 0 aliphatic carbocycles. The van der Waals surface area contributed by atoms with Gasteiger partial charge in [0.25, 0.3) is 0 Å². The molecule has 2 rings (SSSR count). The van der Waals surface area contributed by atoms with Gasteiger partial charge in [0.05, 0.1) is 12.5 Å². The molecule has 2 aromatic rings. The summed E-state index contributed by atoms with van der Waals surface area (Å²) in [5.74, 6) is -0.806. The van der Waals surface area contributed by atoms with Crippen LogP contribution in [0.3, 0.4) is 0 Å². The molecule has 0 heterocycles. The normalized spacial score (nSPS) is 12.3. The molecular weight excluding hydrogens is 305 g/mol. The minimum absolute atomic E-state index is 0.186. The van der Waals surface area contributed by atoms with E-state index in [9.17, 15) is 8.78 Å². The van der Waals surface area contributed by atoms with E-state index in [2.05, 4.69) is 0 Å². The van der Waals surface area contributed by atoms with Crippen LogP contribution in [-0.2, 0) is 0 Å². The summed E-state index contributed by atoms with van der Waals surface area (Å²) in [6, 6.07) is 7.14. The van der Waals surface area contributed by atoms with Crippen LogP contribution in [0.2, 0.25) is 5.02 Å². The van der Waals surface area contributed by atoms with E-state index < -0.39 is 17.0 Å². The monoisotopic (exact) mass is 316 g/mol. The molecule has 1 atom stereocenters. The summed E-state index contributed by atoms with van der Waals surface area (Å²) < 4.78 is 32.4. The average molecular weight is 317 g/mol. The van der Waals surface area contributed by atoms with Crippen molar-refractivity contribution in [1.82, 2.24) is 0 Å². The summed E-state index contributed by atoms with van der Waals surface area (Å²) in [7, 11) is 1.49. The molecule has 0 spiro atoms. The minimum atomic E-state index is -0.817. The number of hydrogen-bond acceptors (Lipinski definition) is 1. The van der Waals surface area contributed by atoms with Gasteiger partial charge < -0.3 is 4.74 Å². The van der Waals surface area contributed by atoms with E-state index >= 15 is 0 Å². The number of halogens is 4. The molecule has 0 saturated carbocycles. The maximum atomic E-state index is 13.9. The van der Waals surface area contributed by atoms with Gasteiger partial charge in [-0.05, 0) is 36.8 Å². The molecular formula is C15H12Cl2F2O. The van der Waals surface area contributed by atoms with E-state index in [1.807, 2.05) is 0 Å². The van der Waals surface area contributed by atoms with E-state index in [1.165, 1.54) is 13.2 Å². The van der Waals surface area contributed by atoms with Crippen molar-refractivity contribution in [3.05, 3.63) is 63.7 Å². The summed E-state index contributed by atoms with van der Waals surface area (Å²) in [5, 5.41) is -0.353. The van der Waals surface area contributed by atoms with Crippen molar-refractivity contribution in [2.75, 3.05) is 7.11 Å². The molecule has 0 bridgehead atoms. The number of ether oxygens (including phenoxy) is 1. The van der Waals surface area contributed by atoms with E-state index in [4.69, 9.17) is 27.9 Å². The standard InChI is InChI=1S/C15H12Cl2F2O/c1-8-5-10(13(19)7-12(8)18)15(17)11-6-9(16)3-4-14(11)20-2/h3-7,15H,1-2H3. The van der Waals surface area contributed by atoms with Crippen molar-refractivity contribution in [1.29, 1.82) is 0 Å². The van der Waals surface area contributed by atoms with Crippen molar-refractivity contribution >= 4 is 23.2 Å². The topological polar surface area (TPSA) is 9.23 Å². The number of alkyl halides is 1. The second kappa shape index (κ2) is 5.98. The SMILES string of the molecule is COc1ccc(Cl)cc1C(Cl)c1cc(C)c(F)cc1F. The first-order chi connectivity index (χ1) is 9.43. The first kappa shape index (κ1) is 15.1.